The molecule has 0 aromatic carbocycles. The number of aliphatic carboxylic acids is 1. The van der Waals surface area contributed by atoms with Crippen molar-refractivity contribution in [1.82, 2.24) is 5.32 Å². The minimum atomic E-state index is -2.69. The number of allylic oxidation sites excluding steroid dienone is 2. The van der Waals surface area contributed by atoms with Gasteiger partial charge in [-0.15, -0.1) is 0 Å². The second-order valence-electron chi connectivity index (χ2n) is 7.48. The van der Waals surface area contributed by atoms with Gasteiger partial charge in [0.1, 0.15) is 0 Å². The van der Waals surface area contributed by atoms with Crippen molar-refractivity contribution in [3.63, 3.8) is 0 Å². The lowest BCUT2D eigenvalue weighted by Gasteiger charge is -2.34. The molecule has 0 aromatic heterocycles. The Hall–Kier alpha value is -1.46. The summed E-state index contributed by atoms with van der Waals surface area (Å²) in [4.78, 5) is 24.3. The first-order valence-electron chi connectivity index (χ1n) is 7.86. The van der Waals surface area contributed by atoms with E-state index in [1.54, 1.807) is 6.92 Å². The topological polar surface area (TPSA) is 66.4 Å². The zero-order valence-corrected chi connectivity index (χ0v) is 12.3. The average molecular weight is 311 g/mol. The predicted octanol–water partition coefficient (Wildman–Crippen LogP) is 2.06. The lowest BCUT2D eigenvalue weighted by molar-refractivity contribution is -0.156. The van der Waals surface area contributed by atoms with Gasteiger partial charge < -0.3 is 10.4 Å². The summed E-state index contributed by atoms with van der Waals surface area (Å²) in [5, 5.41) is 12.3. The minimum absolute atomic E-state index is 0.0924. The Morgan fingerprint density at radius 1 is 1.32 bits per heavy atom. The predicted molar refractivity (Wildman–Crippen MR) is 73.1 cm³/mol. The monoisotopic (exact) mass is 311 g/mol. The molecule has 0 radical (unpaired) electrons. The summed E-state index contributed by atoms with van der Waals surface area (Å²) in [5.41, 5.74) is -1.13. The number of amides is 1. The molecule has 7 atom stereocenters. The second-order valence-corrected chi connectivity index (χ2v) is 7.48. The third-order valence-corrected chi connectivity index (χ3v) is 6.48. The Balaban J connectivity index is 1.52. The van der Waals surface area contributed by atoms with Gasteiger partial charge in [-0.3, -0.25) is 9.59 Å². The van der Waals surface area contributed by atoms with Crippen LogP contribution in [0.3, 0.4) is 0 Å². The van der Waals surface area contributed by atoms with Crippen LogP contribution in [0, 0.1) is 35.0 Å². The fourth-order valence-corrected chi connectivity index (χ4v) is 5.14. The summed E-state index contributed by atoms with van der Waals surface area (Å²) in [5.74, 6) is -5.81. The molecule has 0 unspecified atom stereocenters. The van der Waals surface area contributed by atoms with Crippen LogP contribution in [0.2, 0.25) is 0 Å². The SMILES string of the molecule is C[C@@]1(C(=O)O)[C@@H]2C=C[C@@H](C2)[C@@H]1C(=O)N[C@@H]1[C@H]2CCC(F)(F)[C@H]21. The number of carboxylic acid groups (broad SMARTS) is 1. The molecule has 4 rings (SSSR count). The van der Waals surface area contributed by atoms with E-state index >= 15 is 0 Å². The first kappa shape index (κ1) is 14.2. The van der Waals surface area contributed by atoms with Crippen LogP contribution in [0.4, 0.5) is 8.78 Å². The number of hydrogen-bond donors (Lipinski definition) is 2. The fraction of sp³-hybridized carbons (Fsp3) is 0.750. The smallest absolute Gasteiger partial charge is 0.310 e. The van der Waals surface area contributed by atoms with E-state index in [-0.39, 0.29) is 30.1 Å². The van der Waals surface area contributed by atoms with E-state index in [4.69, 9.17) is 0 Å². The Bertz CT molecular complexity index is 590. The molecular weight excluding hydrogens is 292 g/mol. The summed E-state index contributed by atoms with van der Waals surface area (Å²) in [6, 6.07) is -0.475. The molecular formula is C16H19F2NO3. The van der Waals surface area contributed by atoms with Gasteiger partial charge in [0.25, 0.3) is 5.92 Å². The number of hydrogen-bond acceptors (Lipinski definition) is 2. The molecule has 0 heterocycles. The van der Waals surface area contributed by atoms with Gasteiger partial charge in [-0.25, -0.2) is 8.78 Å². The largest absolute Gasteiger partial charge is 0.481 e. The second kappa shape index (κ2) is 4.09. The van der Waals surface area contributed by atoms with Crippen molar-refractivity contribution in [1.29, 1.82) is 0 Å². The molecule has 0 spiro atoms. The van der Waals surface area contributed by atoms with Crippen LogP contribution in [0.25, 0.3) is 0 Å². The highest BCUT2D eigenvalue weighted by Gasteiger charge is 2.69. The van der Waals surface area contributed by atoms with E-state index in [1.165, 1.54) is 0 Å². The molecule has 120 valence electrons. The van der Waals surface area contributed by atoms with Gasteiger partial charge in [-0.2, -0.15) is 0 Å². The van der Waals surface area contributed by atoms with Gasteiger partial charge in [0, 0.05) is 18.4 Å². The lowest BCUT2D eigenvalue weighted by Crippen LogP contribution is -2.48. The molecule has 0 aliphatic heterocycles. The highest BCUT2D eigenvalue weighted by molar-refractivity contribution is 5.89. The van der Waals surface area contributed by atoms with E-state index in [0.717, 1.165) is 0 Å². The summed E-state index contributed by atoms with van der Waals surface area (Å²) >= 11 is 0. The van der Waals surface area contributed by atoms with Crippen molar-refractivity contribution in [2.75, 3.05) is 0 Å². The Morgan fingerprint density at radius 2 is 2.05 bits per heavy atom. The number of rotatable bonds is 3. The number of halogens is 2. The summed E-state index contributed by atoms with van der Waals surface area (Å²) in [6.07, 6.45) is 4.78. The molecule has 0 saturated heterocycles. The van der Waals surface area contributed by atoms with Gasteiger partial charge in [-0.1, -0.05) is 12.2 Å². The molecule has 3 saturated carbocycles. The zero-order chi connectivity index (χ0) is 15.9. The molecule has 2 bridgehead atoms. The van der Waals surface area contributed by atoms with Crippen LogP contribution in [0.5, 0.6) is 0 Å². The number of nitrogens with one attached hydrogen (secondary N) is 1. The summed E-state index contributed by atoms with van der Waals surface area (Å²) < 4.78 is 27.3. The Morgan fingerprint density at radius 3 is 2.64 bits per heavy atom. The van der Waals surface area contributed by atoms with Crippen LogP contribution in [0.1, 0.15) is 26.2 Å². The Kier molecular flexibility index (Phi) is 2.63. The third-order valence-electron chi connectivity index (χ3n) is 6.48. The highest BCUT2D eigenvalue weighted by Crippen LogP contribution is 2.61. The van der Waals surface area contributed by atoms with Crippen molar-refractivity contribution < 1.29 is 23.5 Å². The third kappa shape index (κ3) is 1.61. The number of carbonyl (C=O) groups is 2. The molecule has 4 aliphatic rings. The van der Waals surface area contributed by atoms with Crippen molar-refractivity contribution in [2.45, 2.75) is 38.2 Å². The summed E-state index contributed by atoms with van der Waals surface area (Å²) in [7, 11) is 0. The molecule has 4 aliphatic carbocycles. The number of fused-ring (bicyclic) bond motifs is 3. The van der Waals surface area contributed by atoms with Gasteiger partial charge in [0.05, 0.1) is 11.3 Å². The normalized spacial score (nSPS) is 50.0. The van der Waals surface area contributed by atoms with E-state index in [9.17, 15) is 23.5 Å². The molecule has 3 fully saturated rings. The van der Waals surface area contributed by atoms with E-state index in [1.807, 2.05) is 12.2 Å². The van der Waals surface area contributed by atoms with Gasteiger partial charge in [0.15, 0.2) is 0 Å². The van der Waals surface area contributed by atoms with E-state index in [2.05, 4.69) is 5.32 Å². The van der Waals surface area contributed by atoms with Crippen LogP contribution >= 0.6 is 0 Å². The van der Waals surface area contributed by atoms with Crippen molar-refractivity contribution >= 4 is 11.9 Å². The maximum Gasteiger partial charge on any atom is 0.310 e. The quantitative estimate of drug-likeness (QED) is 0.784. The molecule has 4 nitrogen and oxygen atoms in total. The van der Waals surface area contributed by atoms with Crippen LogP contribution in [-0.4, -0.2) is 28.9 Å². The fourth-order valence-electron chi connectivity index (χ4n) is 5.14. The Labute approximate surface area is 126 Å². The standard InChI is InChI=1S/C16H19F2NO3/c1-15(14(21)22)8-3-2-7(6-8)10(15)13(20)19-12-9-4-5-16(17,18)11(9)12/h2-3,7-12H,4-6H2,1H3,(H,19,20)(H,21,22)/t7-,8+,9-,10+,11+,12+,15+/m0/s1. The van der Waals surface area contributed by atoms with E-state index in [0.29, 0.717) is 12.8 Å². The maximum absolute atomic E-state index is 13.6. The van der Waals surface area contributed by atoms with E-state index < -0.39 is 35.2 Å². The maximum atomic E-state index is 13.6. The van der Waals surface area contributed by atoms with Crippen molar-refractivity contribution in [3.05, 3.63) is 12.2 Å². The van der Waals surface area contributed by atoms with Crippen LogP contribution in [-0.2, 0) is 9.59 Å². The lowest BCUT2D eigenvalue weighted by atomic mass is 9.69. The number of alkyl halides is 2. The number of carboxylic acids is 1. The minimum Gasteiger partial charge on any atom is -0.481 e. The van der Waals surface area contributed by atoms with Crippen molar-refractivity contribution in [3.8, 4) is 0 Å². The van der Waals surface area contributed by atoms with Gasteiger partial charge >= 0.3 is 5.97 Å². The first-order chi connectivity index (χ1) is 10.3. The molecule has 22 heavy (non-hydrogen) atoms. The molecule has 1 amide bonds. The molecule has 2 N–H and O–H groups in total. The van der Waals surface area contributed by atoms with Crippen LogP contribution < -0.4 is 5.32 Å². The first-order valence-corrected chi connectivity index (χ1v) is 7.86. The average Bonchev–Trinajstić information content (AvgIpc) is 2.75. The van der Waals surface area contributed by atoms with Crippen LogP contribution in [0.15, 0.2) is 12.2 Å². The summed E-state index contributed by atoms with van der Waals surface area (Å²) in [6.45, 7) is 1.61. The molecule has 0 aromatic rings. The zero-order valence-electron chi connectivity index (χ0n) is 12.3. The van der Waals surface area contributed by atoms with Gasteiger partial charge in [-0.05, 0) is 37.5 Å². The number of carbonyl (C=O) groups excluding carboxylic acids is 1. The van der Waals surface area contributed by atoms with Gasteiger partial charge in [0.2, 0.25) is 5.91 Å². The van der Waals surface area contributed by atoms with Crippen molar-refractivity contribution in [2.24, 2.45) is 35.0 Å². The highest BCUT2D eigenvalue weighted by atomic mass is 19.3. The molecule has 6 heteroatoms.